The van der Waals surface area contributed by atoms with Crippen LogP contribution >= 0.6 is 11.8 Å². The first-order valence-electron chi connectivity index (χ1n) is 10.3. The van der Waals surface area contributed by atoms with Gasteiger partial charge in [0, 0.05) is 28.3 Å². The lowest BCUT2D eigenvalue weighted by Crippen LogP contribution is -2.26. The number of thioether (sulfide) groups is 1. The summed E-state index contributed by atoms with van der Waals surface area (Å²) < 4.78 is 0. The molecule has 0 spiro atoms. The quantitative estimate of drug-likeness (QED) is 0.235. The van der Waals surface area contributed by atoms with Crippen LogP contribution in [-0.2, 0) is 4.79 Å². The number of nitro groups is 1. The van der Waals surface area contributed by atoms with Crippen molar-refractivity contribution in [2.75, 3.05) is 10.6 Å². The van der Waals surface area contributed by atoms with Gasteiger partial charge in [-0.2, -0.15) is 0 Å². The zero-order chi connectivity index (χ0) is 24.7. The van der Waals surface area contributed by atoms with Gasteiger partial charge in [0.1, 0.15) is 0 Å². The zero-order valence-electron chi connectivity index (χ0n) is 18.2. The number of benzene rings is 3. The number of carbonyl (C=O) groups excluding carboxylic acids is 3. The van der Waals surface area contributed by atoms with Crippen LogP contribution in [0.2, 0.25) is 0 Å². The van der Waals surface area contributed by atoms with E-state index in [1.807, 2.05) is 6.92 Å². The molecule has 0 bridgehead atoms. The van der Waals surface area contributed by atoms with Gasteiger partial charge in [-0.25, -0.2) is 0 Å². The summed E-state index contributed by atoms with van der Waals surface area (Å²) in [5.41, 5.74) is 6.42. The summed E-state index contributed by atoms with van der Waals surface area (Å²) in [6.45, 7) is 1.87. The molecule has 0 saturated carbocycles. The Morgan fingerprint density at radius 2 is 1.74 bits per heavy atom. The summed E-state index contributed by atoms with van der Waals surface area (Å²) in [5.74, 6) is -1.41. The lowest BCUT2D eigenvalue weighted by molar-refractivity contribution is -0.384. The normalized spacial score (nSPS) is 11.3. The molecule has 0 fully saturated rings. The molecule has 1 atom stereocenters. The number of anilines is 2. The fourth-order valence-corrected chi connectivity index (χ4v) is 4.13. The van der Waals surface area contributed by atoms with Gasteiger partial charge in [0.05, 0.1) is 21.4 Å². The highest BCUT2D eigenvalue weighted by molar-refractivity contribution is 8.00. The van der Waals surface area contributed by atoms with Gasteiger partial charge in [-0.3, -0.25) is 24.5 Å². The van der Waals surface area contributed by atoms with Crippen molar-refractivity contribution in [3.63, 3.8) is 0 Å². The highest BCUT2D eigenvalue weighted by Crippen LogP contribution is 2.29. The van der Waals surface area contributed by atoms with Crippen molar-refractivity contribution < 1.29 is 19.3 Å². The number of rotatable bonds is 9. The Morgan fingerprint density at radius 3 is 2.44 bits per heavy atom. The minimum atomic E-state index is -0.635. The molecule has 10 heteroatoms. The van der Waals surface area contributed by atoms with Crippen molar-refractivity contribution in [1.29, 1.82) is 0 Å². The molecule has 1 unspecified atom stereocenters. The summed E-state index contributed by atoms with van der Waals surface area (Å²) >= 11 is 1.30. The second kappa shape index (κ2) is 11.1. The van der Waals surface area contributed by atoms with E-state index in [-0.39, 0.29) is 22.7 Å². The third-order valence-corrected chi connectivity index (χ3v) is 6.16. The van der Waals surface area contributed by atoms with Gasteiger partial charge in [0.25, 0.3) is 17.5 Å². The largest absolute Gasteiger partial charge is 0.366 e. The summed E-state index contributed by atoms with van der Waals surface area (Å²) in [5, 5.41) is 16.0. The molecular weight excluding hydrogens is 456 g/mol. The van der Waals surface area contributed by atoms with Crippen molar-refractivity contribution in [3.8, 4) is 0 Å². The van der Waals surface area contributed by atoms with Crippen molar-refractivity contribution in [3.05, 3.63) is 94.0 Å². The van der Waals surface area contributed by atoms with Crippen molar-refractivity contribution in [2.24, 2.45) is 5.73 Å². The topological polar surface area (TPSA) is 144 Å². The molecule has 3 aromatic rings. The summed E-state index contributed by atoms with van der Waals surface area (Å²) in [6, 6.07) is 18.9. The molecule has 0 aliphatic carbocycles. The molecule has 4 N–H and O–H groups in total. The predicted molar refractivity (Wildman–Crippen MR) is 131 cm³/mol. The minimum Gasteiger partial charge on any atom is -0.366 e. The van der Waals surface area contributed by atoms with E-state index in [0.717, 1.165) is 4.90 Å². The van der Waals surface area contributed by atoms with Gasteiger partial charge in [-0.1, -0.05) is 31.2 Å². The molecule has 34 heavy (non-hydrogen) atoms. The highest BCUT2D eigenvalue weighted by Gasteiger charge is 2.20. The van der Waals surface area contributed by atoms with Crippen LogP contribution < -0.4 is 16.4 Å². The lowest BCUT2D eigenvalue weighted by atomic mass is 10.1. The first kappa shape index (κ1) is 24.5. The van der Waals surface area contributed by atoms with Crippen molar-refractivity contribution in [2.45, 2.75) is 23.5 Å². The van der Waals surface area contributed by atoms with E-state index in [4.69, 9.17) is 5.73 Å². The van der Waals surface area contributed by atoms with Crippen molar-refractivity contribution >= 4 is 46.5 Å². The van der Waals surface area contributed by atoms with Crippen LogP contribution in [0.1, 0.15) is 34.1 Å². The summed E-state index contributed by atoms with van der Waals surface area (Å²) in [6.07, 6.45) is 0.513. The maximum absolute atomic E-state index is 12.8. The molecular formula is C24H22N4O5S. The second-order valence-electron chi connectivity index (χ2n) is 7.20. The number of amides is 3. The van der Waals surface area contributed by atoms with E-state index < -0.39 is 22.0 Å². The number of primary amides is 1. The number of nitro benzene ring substituents is 1. The van der Waals surface area contributed by atoms with Crippen LogP contribution in [0.3, 0.4) is 0 Å². The van der Waals surface area contributed by atoms with Crippen LogP contribution in [0.4, 0.5) is 17.1 Å². The standard InChI is InChI=1S/C24H22N4O5S/c1-2-21(24(31)27-20-12-4-3-11-19(20)22(25)29)34-18-10-6-8-16(14-18)26-23(30)15-7-5-9-17(13-15)28(32)33/h3-14,21H,2H2,1H3,(H2,25,29)(H,26,30)(H,27,31). The number of nitrogens with two attached hydrogens (primary N) is 1. The number of nitrogens with one attached hydrogen (secondary N) is 2. The van der Waals surface area contributed by atoms with Crippen molar-refractivity contribution in [1.82, 2.24) is 0 Å². The van der Waals surface area contributed by atoms with Gasteiger partial charge < -0.3 is 16.4 Å². The number of hydrogen-bond donors (Lipinski definition) is 3. The second-order valence-corrected chi connectivity index (χ2v) is 8.48. The molecule has 174 valence electrons. The molecule has 0 aromatic heterocycles. The molecule has 9 nitrogen and oxygen atoms in total. The van der Waals surface area contributed by atoms with Crippen LogP contribution in [0, 0.1) is 10.1 Å². The first-order valence-corrected chi connectivity index (χ1v) is 11.2. The van der Waals surface area contributed by atoms with Gasteiger partial charge in [-0.15, -0.1) is 11.8 Å². The van der Waals surface area contributed by atoms with E-state index in [2.05, 4.69) is 10.6 Å². The summed E-state index contributed by atoms with van der Waals surface area (Å²) in [7, 11) is 0. The molecule has 0 aliphatic heterocycles. The van der Waals surface area contributed by atoms with E-state index in [1.54, 1.807) is 48.5 Å². The van der Waals surface area contributed by atoms with Gasteiger partial charge >= 0.3 is 0 Å². The zero-order valence-corrected chi connectivity index (χ0v) is 19.0. The van der Waals surface area contributed by atoms with Crippen LogP contribution in [0.5, 0.6) is 0 Å². The SMILES string of the molecule is CCC(Sc1cccc(NC(=O)c2cccc([N+](=O)[O-])c2)c1)C(=O)Nc1ccccc1C(N)=O. The number of para-hydroxylation sites is 1. The Hall–Kier alpha value is -4.18. The molecule has 0 radical (unpaired) electrons. The number of nitrogens with zero attached hydrogens (tertiary/aromatic N) is 1. The Morgan fingerprint density at radius 1 is 1.00 bits per heavy atom. The fraction of sp³-hybridized carbons (Fsp3) is 0.125. The third kappa shape index (κ3) is 6.20. The molecule has 0 heterocycles. The van der Waals surface area contributed by atoms with Crippen LogP contribution in [0.15, 0.2) is 77.7 Å². The number of hydrogen-bond acceptors (Lipinski definition) is 6. The molecule has 3 aromatic carbocycles. The third-order valence-electron chi connectivity index (χ3n) is 4.80. The maximum atomic E-state index is 12.8. The van der Waals surface area contributed by atoms with Gasteiger partial charge in [0.2, 0.25) is 5.91 Å². The Labute approximate surface area is 199 Å². The number of carbonyl (C=O) groups is 3. The Bertz CT molecular complexity index is 1250. The van der Waals surface area contributed by atoms with E-state index >= 15 is 0 Å². The monoisotopic (exact) mass is 478 g/mol. The molecule has 0 aliphatic rings. The average Bonchev–Trinajstić information content (AvgIpc) is 2.83. The summed E-state index contributed by atoms with van der Waals surface area (Å²) in [4.78, 5) is 48.1. The predicted octanol–water partition coefficient (Wildman–Crippen LogP) is 4.46. The van der Waals surface area contributed by atoms with Crippen LogP contribution in [-0.4, -0.2) is 27.9 Å². The molecule has 3 rings (SSSR count). The molecule has 0 saturated heterocycles. The van der Waals surface area contributed by atoms with Gasteiger partial charge in [0.15, 0.2) is 0 Å². The van der Waals surface area contributed by atoms with E-state index in [9.17, 15) is 24.5 Å². The van der Waals surface area contributed by atoms with E-state index in [0.29, 0.717) is 17.8 Å². The lowest BCUT2D eigenvalue weighted by Gasteiger charge is -2.16. The molecule has 3 amide bonds. The number of non-ortho nitro benzene ring substituents is 1. The highest BCUT2D eigenvalue weighted by atomic mass is 32.2. The minimum absolute atomic E-state index is 0.159. The smallest absolute Gasteiger partial charge is 0.270 e. The first-order chi connectivity index (χ1) is 16.3. The fourth-order valence-electron chi connectivity index (χ4n) is 3.12. The van der Waals surface area contributed by atoms with Gasteiger partial charge in [-0.05, 0) is 42.8 Å². The average molecular weight is 479 g/mol. The van der Waals surface area contributed by atoms with E-state index in [1.165, 1.54) is 36.0 Å². The maximum Gasteiger partial charge on any atom is 0.270 e. The Kier molecular flexibility index (Phi) is 7.99. The Balaban J connectivity index is 1.70. The van der Waals surface area contributed by atoms with Crippen LogP contribution in [0.25, 0.3) is 0 Å².